The number of benzene rings is 1. The third kappa shape index (κ3) is 4.69. The van der Waals surface area contributed by atoms with Crippen LogP contribution >= 0.6 is 0 Å². The first kappa shape index (κ1) is 24.6. The van der Waals surface area contributed by atoms with Gasteiger partial charge in [0.2, 0.25) is 0 Å². The quantitative estimate of drug-likeness (QED) is 0.515. The van der Waals surface area contributed by atoms with Gasteiger partial charge in [0.1, 0.15) is 5.69 Å². The number of rotatable bonds is 7. The van der Waals surface area contributed by atoms with Crippen molar-refractivity contribution in [3.63, 3.8) is 0 Å². The van der Waals surface area contributed by atoms with E-state index in [-0.39, 0.29) is 29.7 Å². The first-order chi connectivity index (χ1) is 16.7. The van der Waals surface area contributed by atoms with Crippen LogP contribution in [0.1, 0.15) is 34.2 Å². The van der Waals surface area contributed by atoms with Gasteiger partial charge in [-0.05, 0) is 37.6 Å². The Morgan fingerprint density at radius 3 is 2.51 bits per heavy atom. The second kappa shape index (κ2) is 9.96. The van der Waals surface area contributed by atoms with Gasteiger partial charge in [0.25, 0.3) is 11.5 Å². The van der Waals surface area contributed by atoms with Crippen LogP contribution in [0.4, 0.5) is 10.1 Å². The van der Waals surface area contributed by atoms with Crippen LogP contribution in [0.25, 0.3) is 10.9 Å². The predicted octanol–water partition coefficient (Wildman–Crippen LogP) is 1.12. The number of halogens is 1. The van der Waals surface area contributed by atoms with Crippen molar-refractivity contribution in [3.05, 3.63) is 67.4 Å². The van der Waals surface area contributed by atoms with E-state index in [0.29, 0.717) is 43.9 Å². The highest BCUT2D eigenvalue weighted by Gasteiger charge is 2.23. The summed E-state index contributed by atoms with van der Waals surface area (Å²) in [5, 5.41) is 0.141. The molecule has 4 rings (SSSR count). The highest BCUT2D eigenvalue weighted by atomic mass is 19.1. The molecule has 1 aromatic carbocycles. The summed E-state index contributed by atoms with van der Waals surface area (Å²) >= 11 is 0. The third-order valence-corrected chi connectivity index (χ3v) is 6.39. The Morgan fingerprint density at radius 1 is 1.20 bits per heavy atom. The fourth-order valence-corrected chi connectivity index (χ4v) is 4.62. The number of nitrogens with one attached hydrogen (secondary N) is 1. The number of piperazine rings is 1. The number of amides is 1. The fourth-order valence-electron chi connectivity index (χ4n) is 4.62. The van der Waals surface area contributed by atoms with Gasteiger partial charge in [0, 0.05) is 51.9 Å². The number of methoxy groups -OCH3 is 1. The molecule has 0 spiro atoms. The molecule has 0 unspecified atom stereocenters. The minimum Gasteiger partial charge on any atom is -0.380 e. The lowest BCUT2D eigenvalue weighted by Crippen LogP contribution is -2.46. The number of aromatic nitrogens is 3. The molecule has 0 bridgehead atoms. The largest absolute Gasteiger partial charge is 0.380 e. The number of carbonyl (C=O) groups excluding carboxylic acids is 1. The minimum atomic E-state index is -0.635. The molecule has 1 saturated heterocycles. The van der Waals surface area contributed by atoms with Crippen LogP contribution in [0.3, 0.4) is 0 Å². The summed E-state index contributed by atoms with van der Waals surface area (Å²) in [7, 11) is 1.50. The zero-order chi connectivity index (χ0) is 25.3. The maximum atomic E-state index is 15.5. The molecule has 0 radical (unpaired) electrons. The number of pyridine rings is 1. The fraction of sp³-hybridized carbons (Fsp3) is 0.417. The van der Waals surface area contributed by atoms with Gasteiger partial charge in [-0.3, -0.25) is 19.1 Å². The van der Waals surface area contributed by atoms with Gasteiger partial charge in [-0.15, -0.1) is 0 Å². The van der Waals surface area contributed by atoms with E-state index in [2.05, 4.69) is 19.8 Å². The highest BCUT2D eigenvalue weighted by molar-refractivity contribution is 5.91. The lowest BCUT2D eigenvalue weighted by atomic mass is 10.0. The summed E-state index contributed by atoms with van der Waals surface area (Å²) in [6, 6.07) is 5.12. The topological polar surface area (TPSA) is 127 Å². The number of aryl methyl sites for hydroxylation is 1. The van der Waals surface area contributed by atoms with Crippen molar-refractivity contribution in [2.24, 2.45) is 5.73 Å². The van der Waals surface area contributed by atoms with E-state index in [1.54, 1.807) is 19.1 Å². The van der Waals surface area contributed by atoms with E-state index < -0.39 is 23.0 Å². The van der Waals surface area contributed by atoms with Gasteiger partial charge in [-0.1, -0.05) is 0 Å². The molecule has 3 aromatic rings. The number of nitrogens with zero attached hydrogens (tertiary/aromatic N) is 4. The predicted molar refractivity (Wildman–Crippen MR) is 130 cm³/mol. The number of hydrogen-bond donors (Lipinski definition) is 2. The van der Waals surface area contributed by atoms with Crippen molar-refractivity contribution < 1.29 is 13.9 Å². The van der Waals surface area contributed by atoms with E-state index in [1.165, 1.54) is 7.11 Å². The normalized spacial score (nSPS) is 14.6. The maximum Gasteiger partial charge on any atom is 0.328 e. The summed E-state index contributed by atoms with van der Waals surface area (Å²) in [6.07, 6.45) is 0. The van der Waals surface area contributed by atoms with E-state index in [9.17, 15) is 14.4 Å². The number of carbonyl (C=O) groups is 1. The Labute approximate surface area is 201 Å². The number of ether oxygens (including phenoxy) is 1. The Balaban J connectivity index is 1.58. The van der Waals surface area contributed by atoms with Gasteiger partial charge in [0.05, 0.1) is 28.9 Å². The van der Waals surface area contributed by atoms with Gasteiger partial charge in [0.15, 0.2) is 5.82 Å². The second-order valence-corrected chi connectivity index (χ2v) is 8.60. The van der Waals surface area contributed by atoms with Gasteiger partial charge < -0.3 is 20.4 Å². The van der Waals surface area contributed by atoms with Crippen LogP contribution in [0.2, 0.25) is 0 Å². The van der Waals surface area contributed by atoms with Crippen molar-refractivity contribution in [1.29, 1.82) is 0 Å². The summed E-state index contributed by atoms with van der Waals surface area (Å²) in [5.41, 5.74) is 6.89. The first-order valence-electron chi connectivity index (χ1n) is 11.5. The van der Waals surface area contributed by atoms with Crippen molar-refractivity contribution in [2.75, 3.05) is 38.2 Å². The van der Waals surface area contributed by atoms with Gasteiger partial charge in [-0.25, -0.2) is 14.2 Å². The lowest BCUT2D eigenvalue weighted by Gasteiger charge is -2.36. The number of nitrogens with two attached hydrogens (primary N) is 1. The average Bonchev–Trinajstić information content (AvgIpc) is 2.82. The maximum absolute atomic E-state index is 15.5. The number of anilines is 1. The van der Waals surface area contributed by atoms with Gasteiger partial charge >= 0.3 is 5.69 Å². The summed E-state index contributed by atoms with van der Waals surface area (Å²) in [5.74, 6) is -1.16. The van der Waals surface area contributed by atoms with Crippen LogP contribution in [0, 0.1) is 12.7 Å². The Morgan fingerprint density at radius 2 is 1.91 bits per heavy atom. The lowest BCUT2D eigenvalue weighted by molar-refractivity contribution is 0.0995. The zero-order valence-electron chi connectivity index (χ0n) is 20.1. The molecular weight excluding hydrogens is 455 g/mol. The summed E-state index contributed by atoms with van der Waals surface area (Å²) in [6.45, 7) is 6.87. The van der Waals surface area contributed by atoms with E-state index >= 15 is 4.39 Å². The molecule has 3 N–H and O–H groups in total. The first-order valence-corrected chi connectivity index (χ1v) is 11.5. The number of aromatic amines is 1. The van der Waals surface area contributed by atoms with E-state index in [0.717, 1.165) is 15.9 Å². The van der Waals surface area contributed by atoms with Crippen molar-refractivity contribution >= 4 is 22.5 Å². The molecule has 35 heavy (non-hydrogen) atoms. The van der Waals surface area contributed by atoms with E-state index in [1.807, 2.05) is 13.0 Å². The smallest absolute Gasteiger partial charge is 0.328 e. The van der Waals surface area contributed by atoms with Crippen LogP contribution in [0.15, 0.2) is 27.8 Å². The van der Waals surface area contributed by atoms with Crippen LogP contribution in [-0.2, 0) is 24.4 Å². The van der Waals surface area contributed by atoms with Crippen LogP contribution in [-0.4, -0.2) is 58.6 Å². The molecule has 11 heteroatoms. The standard InChI is InChI=1S/C24H29FN6O4/c1-4-31-23(33)19-16(13-35-3)11-15(20(25)21(19)28-24(31)34)12-29-7-9-30(10-8-29)18-6-5-17(22(26)32)27-14(18)2/h5-6,11H,4,7-10,12-13H2,1-3H3,(H2,26,32)(H,28,34). The van der Waals surface area contributed by atoms with Crippen LogP contribution < -0.4 is 21.9 Å². The molecule has 1 aliphatic heterocycles. The SMILES string of the molecule is CCn1c(=O)[nH]c2c(F)c(CN3CCN(c4ccc(C(N)=O)nc4C)CC3)cc(COC)c2c1=O. The molecule has 10 nitrogen and oxygen atoms in total. The van der Waals surface area contributed by atoms with Crippen molar-refractivity contribution in [2.45, 2.75) is 33.5 Å². The molecule has 0 aliphatic carbocycles. The molecule has 0 saturated carbocycles. The Kier molecular flexibility index (Phi) is 6.99. The molecule has 1 fully saturated rings. The summed E-state index contributed by atoms with van der Waals surface area (Å²) < 4.78 is 21.8. The van der Waals surface area contributed by atoms with E-state index in [4.69, 9.17) is 10.5 Å². The van der Waals surface area contributed by atoms with Crippen LogP contribution in [0.5, 0.6) is 0 Å². The number of fused-ring (bicyclic) bond motifs is 1. The third-order valence-electron chi connectivity index (χ3n) is 6.39. The van der Waals surface area contributed by atoms with Gasteiger partial charge in [-0.2, -0.15) is 0 Å². The zero-order valence-corrected chi connectivity index (χ0v) is 20.1. The Bertz CT molecular complexity index is 1390. The monoisotopic (exact) mass is 484 g/mol. The highest BCUT2D eigenvalue weighted by Crippen LogP contribution is 2.25. The molecular formula is C24H29FN6O4. The number of hydrogen-bond acceptors (Lipinski definition) is 7. The molecule has 3 heterocycles. The second-order valence-electron chi connectivity index (χ2n) is 8.60. The van der Waals surface area contributed by atoms with Crippen molar-refractivity contribution in [1.82, 2.24) is 19.4 Å². The molecule has 0 atom stereocenters. The Hall–Kier alpha value is -3.57. The number of H-pyrrole nitrogens is 1. The molecule has 1 aliphatic rings. The minimum absolute atomic E-state index is 0.0795. The van der Waals surface area contributed by atoms with Crippen molar-refractivity contribution in [3.8, 4) is 0 Å². The molecule has 2 aromatic heterocycles. The average molecular weight is 485 g/mol. The molecule has 1 amide bonds. The molecule has 186 valence electrons. The number of primary amides is 1. The summed E-state index contributed by atoms with van der Waals surface area (Å²) in [4.78, 5) is 47.7.